The van der Waals surface area contributed by atoms with Gasteiger partial charge in [0, 0.05) is 31.6 Å². The van der Waals surface area contributed by atoms with Crippen molar-refractivity contribution >= 4 is 10.0 Å². The van der Waals surface area contributed by atoms with Gasteiger partial charge in [-0.25, -0.2) is 13.1 Å². The van der Waals surface area contributed by atoms with E-state index in [9.17, 15) is 21.6 Å². The number of hydrogen-bond acceptors (Lipinski definition) is 4. The van der Waals surface area contributed by atoms with Crippen molar-refractivity contribution in [3.8, 4) is 0 Å². The molecule has 1 aliphatic heterocycles. The Kier molecular flexibility index (Phi) is 4.63. The summed E-state index contributed by atoms with van der Waals surface area (Å²) in [6.07, 6.45) is -4.16. The Morgan fingerprint density at radius 2 is 2.04 bits per heavy atom. The average Bonchev–Trinajstić information content (AvgIpc) is 2.94. The van der Waals surface area contributed by atoms with Gasteiger partial charge in [-0.2, -0.15) is 13.2 Å². The quantitative estimate of drug-likeness (QED) is 0.867. The lowest BCUT2D eigenvalue weighted by molar-refractivity contribution is -0.139. The smallest absolute Gasteiger partial charge is 0.384 e. The number of halogens is 3. The highest BCUT2D eigenvalue weighted by molar-refractivity contribution is 7.89. The molecule has 1 aromatic rings. The van der Waals surface area contributed by atoms with Gasteiger partial charge in [0.15, 0.2) is 0 Å². The lowest BCUT2D eigenvalue weighted by Crippen LogP contribution is -2.62. The fourth-order valence-corrected chi connectivity index (χ4v) is 5.14. The monoisotopic (exact) mass is 365 g/mol. The molecule has 1 aliphatic carbocycles. The van der Waals surface area contributed by atoms with E-state index >= 15 is 0 Å². The van der Waals surface area contributed by atoms with E-state index in [0.717, 1.165) is 12.1 Å². The second-order valence-electron chi connectivity index (χ2n) is 6.05. The molecule has 0 bridgehead atoms. The van der Waals surface area contributed by atoms with Gasteiger partial charge >= 0.3 is 6.18 Å². The minimum absolute atomic E-state index is 0.0297. The number of fused-ring (bicyclic) bond motifs is 1. The molecule has 4 atom stereocenters. The van der Waals surface area contributed by atoms with Crippen LogP contribution < -0.4 is 4.72 Å². The predicted octanol–water partition coefficient (Wildman–Crippen LogP) is 2.03. The van der Waals surface area contributed by atoms with Gasteiger partial charge in [-0.15, -0.1) is 0 Å². The standard InChI is InChI=1S/C15H18F3NO4S/c1-22-8-10-13(9-6-7-23-14(9)10)19-24(20,21)12-5-3-2-4-11(12)15(16,17)18/h2-5,9-10,13-14,19H,6-8H2,1H3/t9-,10+,13+,14-/m1/s1. The van der Waals surface area contributed by atoms with E-state index in [1.165, 1.54) is 19.2 Å². The van der Waals surface area contributed by atoms with Gasteiger partial charge in [0.05, 0.1) is 23.2 Å². The number of alkyl halides is 3. The lowest BCUT2D eigenvalue weighted by atomic mass is 9.68. The van der Waals surface area contributed by atoms with Crippen LogP contribution in [0.25, 0.3) is 0 Å². The minimum Gasteiger partial charge on any atom is -0.384 e. The van der Waals surface area contributed by atoms with E-state index in [4.69, 9.17) is 9.47 Å². The first-order valence-electron chi connectivity index (χ1n) is 7.55. The van der Waals surface area contributed by atoms with Crippen LogP contribution in [0.3, 0.4) is 0 Å². The number of sulfonamides is 1. The van der Waals surface area contributed by atoms with Crippen molar-refractivity contribution < 1.29 is 31.1 Å². The molecule has 1 saturated heterocycles. The molecular formula is C15H18F3NO4S. The summed E-state index contributed by atoms with van der Waals surface area (Å²) >= 11 is 0. The fourth-order valence-electron chi connectivity index (χ4n) is 3.57. The summed E-state index contributed by atoms with van der Waals surface area (Å²) in [6, 6.07) is 3.70. The van der Waals surface area contributed by atoms with Crippen molar-refractivity contribution in [1.82, 2.24) is 4.72 Å². The molecule has 1 saturated carbocycles. The van der Waals surface area contributed by atoms with Crippen molar-refractivity contribution in [2.24, 2.45) is 11.8 Å². The predicted molar refractivity (Wildman–Crippen MR) is 78.8 cm³/mol. The molecule has 1 aromatic carbocycles. The third-order valence-corrected chi connectivity index (χ3v) is 6.18. The summed E-state index contributed by atoms with van der Waals surface area (Å²) < 4.78 is 77.5. The van der Waals surface area contributed by atoms with E-state index in [1.807, 2.05) is 0 Å². The maximum atomic E-state index is 13.1. The molecule has 134 valence electrons. The first kappa shape index (κ1) is 17.7. The van der Waals surface area contributed by atoms with Gasteiger partial charge in [-0.1, -0.05) is 12.1 Å². The molecule has 24 heavy (non-hydrogen) atoms. The van der Waals surface area contributed by atoms with E-state index in [1.54, 1.807) is 0 Å². The van der Waals surface area contributed by atoms with Gasteiger partial charge < -0.3 is 9.47 Å². The highest BCUT2D eigenvalue weighted by Gasteiger charge is 2.55. The van der Waals surface area contributed by atoms with Crippen LogP contribution in [0.1, 0.15) is 12.0 Å². The van der Waals surface area contributed by atoms with Crippen molar-refractivity contribution in [3.63, 3.8) is 0 Å². The van der Waals surface area contributed by atoms with Crippen LogP contribution in [0.15, 0.2) is 29.2 Å². The summed E-state index contributed by atoms with van der Waals surface area (Å²) in [5.74, 6) is -0.228. The summed E-state index contributed by atoms with van der Waals surface area (Å²) in [6.45, 7) is 0.808. The Hall–Kier alpha value is -1.16. The highest BCUT2D eigenvalue weighted by atomic mass is 32.2. The fraction of sp³-hybridized carbons (Fsp3) is 0.600. The molecule has 0 unspecified atom stereocenters. The van der Waals surface area contributed by atoms with Crippen LogP contribution >= 0.6 is 0 Å². The summed E-state index contributed by atoms with van der Waals surface area (Å²) in [4.78, 5) is -0.754. The number of nitrogens with one attached hydrogen (secondary N) is 1. The number of rotatable bonds is 5. The molecule has 0 spiro atoms. The summed E-state index contributed by atoms with van der Waals surface area (Å²) in [5, 5.41) is 0. The molecule has 2 aliphatic rings. The maximum absolute atomic E-state index is 13.1. The van der Waals surface area contributed by atoms with Crippen LogP contribution in [0.5, 0.6) is 0 Å². The Labute approximate surface area is 138 Å². The molecule has 9 heteroatoms. The Morgan fingerprint density at radius 1 is 1.33 bits per heavy atom. The number of ether oxygens (including phenoxy) is 2. The van der Waals surface area contributed by atoms with Crippen LogP contribution in [0, 0.1) is 11.8 Å². The zero-order valence-electron chi connectivity index (χ0n) is 12.9. The number of methoxy groups -OCH3 is 1. The van der Waals surface area contributed by atoms with Gasteiger partial charge in [0.25, 0.3) is 0 Å². The maximum Gasteiger partial charge on any atom is 0.417 e. The summed E-state index contributed by atoms with van der Waals surface area (Å²) in [7, 11) is -2.81. The Bertz CT molecular complexity index is 707. The van der Waals surface area contributed by atoms with Crippen LogP contribution in [0.2, 0.25) is 0 Å². The van der Waals surface area contributed by atoms with Gasteiger partial charge in [0.1, 0.15) is 0 Å². The average molecular weight is 365 g/mol. The highest BCUT2D eigenvalue weighted by Crippen LogP contribution is 2.44. The molecule has 1 N–H and O–H groups in total. The van der Waals surface area contributed by atoms with Gasteiger partial charge in [0.2, 0.25) is 10.0 Å². The molecule has 1 heterocycles. The second-order valence-corrected chi connectivity index (χ2v) is 7.73. The van der Waals surface area contributed by atoms with Crippen LogP contribution in [0.4, 0.5) is 13.2 Å². The van der Waals surface area contributed by atoms with Crippen LogP contribution in [-0.2, 0) is 25.7 Å². The first-order valence-corrected chi connectivity index (χ1v) is 9.03. The molecule has 2 fully saturated rings. The summed E-state index contributed by atoms with van der Waals surface area (Å²) in [5.41, 5.74) is -1.17. The molecule has 0 radical (unpaired) electrons. The van der Waals surface area contributed by atoms with E-state index in [2.05, 4.69) is 4.72 Å². The molecular weight excluding hydrogens is 347 g/mol. The van der Waals surface area contributed by atoms with Crippen molar-refractivity contribution in [1.29, 1.82) is 0 Å². The third kappa shape index (κ3) is 3.05. The third-order valence-electron chi connectivity index (χ3n) is 4.66. The Balaban J connectivity index is 1.87. The molecule has 0 amide bonds. The molecule has 3 rings (SSSR count). The first-order chi connectivity index (χ1) is 11.3. The lowest BCUT2D eigenvalue weighted by Gasteiger charge is -2.47. The zero-order valence-corrected chi connectivity index (χ0v) is 13.7. The Morgan fingerprint density at radius 3 is 2.71 bits per heavy atom. The molecule has 5 nitrogen and oxygen atoms in total. The topological polar surface area (TPSA) is 64.6 Å². The number of benzene rings is 1. The second kappa shape index (κ2) is 6.29. The normalized spacial score (nSPS) is 30.0. The minimum atomic E-state index is -4.74. The number of hydrogen-bond donors (Lipinski definition) is 1. The van der Waals surface area contributed by atoms with Gasteiger partial charge in [-0.05, 0) is 18.6 Å². The van der Waals surface area contributed by atoms with Crippen molar-refractivity contribution in [2.45, 2.75) is 29.6 Å². The van der Waals surface area contributed by atoms with Crippen LogP contribution in [-0.4, -0.2) is 40.9 Å². The van der Waals surface area contributed by atoms with E-state index in [-0.39, 0.29) is 24.5 Å². The van der Waals surface area contributed by atoms with E-state index < -0.39 is 32.7 Å². The molecule has 0 aromatic heterocycles. The SMILES string of the molecule is COC[C@H]1[C@@H](NS(=O)(=O)c2ccccc2C(F)(F)F)[C@H]2CCO[C@H]21. The van der Waals surface area contributed by atoms with Crippen molar-refractivity contribution in [3.05, 3.63) is 29.8 Å². The largest absolute Gasteiger partial charge is 0.417 e. The van der Waals surface area contributed by atoms with Gasteiger partial charge in [-0.3, -0.25) is 0 Å². The zero-order chi connectivity index (χ0) is 17.5. The van der Waals surface area contributed by atoms with E-state index in [0.29, 0.717) is 13.0 Å². The van der Waals surface area contributed by atoms with Crippen molar-refractivity contribution in [2.75, 3.05) is 20.3 Å².